The third-order valence-corrected chi connectivity index (χ3v) is 4.85. The summed E-state index contributed by atoms with van der Waals surface area (Å²) in [4.78, 5) is 21.3. The summed E-state index contributed by atoms with van der Waals surface area (Å²) in [6, 6.07) is 12.6. The first-order valence-electron chi connectivity index (χ1n) is 9.24. The molecule has 2 heterocycles. The predicted molar refractivity (Wildman–Crippen MR) is 112 cm³/mol. The lowest BCUT2D eigenvalue weighted by Gasteiger charge is -2.15. The minimum Gasteiger partial charge on any atom is -0.344 e. The Balaban J connectivity index is 1.73. The van der Waals surface area contributed by atoms with Crippen LogP contribution >= 0.6 is 11.6 Å². The van der Waals surface area contributed by atoms with Crippen LogP contribution in [0.1, 0.15) is 34.8 Å². The molecule has 0 saturated heterocycles. The number of rotatable bonds is 5. The van der Waals surface area contributed by atoms with Crippen LogP contribution in [0.15, 0.2) is 61.1 Å². The Morgan fingerprint density at radius 3 is 2.57 bits per heavy atom. The van der Waals surface area contributed by atoms with Gasteiger partial charge in [-0.1, -0.05) is 23.7 Å². The van der Waals surface area contributed by atoms with Gasteiger partial charge < -0.3 is 5.32 Å². The van der Waals surface area contributed by atoms with Crippen molar-refractivity contribution in [3.63, 3.8) is 0 Å². The van der Waals surface area contributed by atoms with E-state index in [9.17, 15) is 4.79 Å². The predicted octanol–water partition coefficient (Wildman–Crippen LogP) is 3.57. The Kier molecular flexibility index (Phi) is 5.49. The van der Waals surface area contributed by atoms with Gasteiger partial charge in [0.15, 0.2) is 5.82 Å². The molecule has 0 radical (unpaired) electrons. The van der Waals surface area contributed by atoms with E-state index in [-0.39, 0.29) is 11.9 Å². The zero-order chi connectivity index (χ0) is 21.1. The number of aryl methyl sites for hydroxylation is 1. The van der Waals surface area contributed by atoms with Crippen molar-refractivity contribution in [2.45, 2.75) is 19.9 Å². The number of carbonyl (C=O) groups excluding carboxylic acids is 1. The summed E-state index contributed by atoms with van der Waals surface area (Å²) in [7, 11) is 0. The van der Waals surface area contributed by atoms with Gasteiger partial charge in [-0.25, -0.2) is 0 Å². The molecule has 0 aliphatic rings. The van der Waals surface area contributed by atoms with E-state index < -0.39 is 0 Å². The van der Waals surface area contributed by atoms with E-state index in [1.807, 2.05) is 43.3 Å². The number of carbonyl (C=O) groups is 1. The molecule has 0 fully saturated rings. The van der Waals surface area contributed by atoms with Crippen LogP contribution in [0.3, 0.4) is 0 Å². The number of amides is 1. The molecule has 0 saturated carbocycles. The van der Waals surface area contributed by atoms with Gasteiger partial charge in [-0.05, 0) is 65.7 Å². The van der Waals surface area contributed by atoms with Gasteiger partial charge in [0, 0.05) is 23.0 Å². The Bertz CT molecular complexity index is 1180. The van der Waals surface area contributed by atoms with Gasteiger partial charge in [-0.3, -0.25) is 14.8 Å². The summed E-state index contributed by atoms with van der Waals surface area (Å²) in [5.41, 5.74) is 3.60. The van der Waals surface area contributed by atoms with Crippen LogP contribution < -0.4 is 5.32 Å². The lowest BCUT2D eigenvalue weighted by molar-refractivity contribution is 0.0939. The maximum atomic E-state index is 13.0. The lowest BCUT2D eigenvalue weighted by Crippen LogP contribution is -2.27. The molecule has 9 heteroatoms. The highest BCUT2D eigenvalue weighted by Gasteiger charge is 2.16. The van der Waals surface area contributed by atoms with Crippen LogP contribution in [0.2, 0.25) is 5.02 Å². The number of benzene rings is 2. The van der Waals surface area contributed by atoms with Gasteiger partial charge in [-0.15, -0.1) is 5.10 Å². The summed E-state index contributed by atoms with van der Waals surface area (Å²) in [6.45, 7) is 3.65. The minimum atomic E-state index is -0.302. The molecular weight excluding hydrogens is 402 g/mol. The second-order valence-corrected chi connectivity index (χ2v) is 7.18. The van der Waals surface area contributed by atoms with E-state index in [1.54, 1.807) is 36.3 Å². The first kappa shape index (κ1) is 19.7. The standard InChI is InChI=1S/C21H18ClN7O/c1-13(20-12-23-7-8-24-20)25-21(30)17-9-16(15-3-5-18(22)6-4-15)10-19(11-17)29-14(2)26-27-28-29/h3-13H,1-2H3,(H,25,30). The zero-order valence-corrected chi connectivity index (χ0v) is 17.1. The second-order valence-electron chi connectivity index (χ2n) is 6.74. The molecule has 4 aromatic rings. The number of nitrogens with zero attached hydrogens (tertiary/aromatic N) is 6. The third-order valence-electron chi connectivity index (χ3n) is 4.60. The molecule has 0 aliphatic heterocycles. The van der Waals surface area contributed by atoms with Gasteiger partial charge in [0.1, 0.15) is 0 Å². The van der Waals surface area contributed by atoms with Gasteiger partial charge in [0.25, 0.3) is 5.91 Å². The molecule has 2 aromatic carbocycles. The Hall–Kier alpha value is -3.65. The molecule has 4 rings (SSSR count). The largest absolute Gasteiger partial charge is 0.344 e. The average molecular weight is 420 g/mol. The fourth-order valence-electron chi connectivity index (χ4n) is 3.03. The van der Waals surface area contributed by atoms with Gasteiger partial charge in [0.2, 0.25) is 0 Å². The quantitative estimate of drug-likeness (QED) is 0.531. The first-order valence-corrected chi connectivity index (χ1v) is 9.62. The molecule has 1 N–H and O–H groups in total. The van der Waals surface area contributed by atoms with Crippen LogP contribution in [-0.4, -0.2) is 36.1 Å². The lowest BCUT2D eigenvalue weighted by atomic mass is 10.0. The van der Waals surface area contributed by atoms with Crippen LogP contribution in [-0.2, 0) is 0 Å². The molecule has 1 unspecified atom stereocenters. The molecule has 150 valence electrons. The zero-order valence-electron chi connectivity index (χ0n) is 16.3. The summed E-state index contributed by atoms with van der Waals surface area (Å²) >= 11 is 6.02. The van der Waals surface area contributed by atoms with Gasteiger partial charge in [-0.2, -0.15) is 4.68 Å². The van der Waals surface area contributed by atoms with E-state index in [1.165, 1.54) is 0 Å². The molecule has 1 atom stereocenters. The monoisotopic (exact) mass is 419 g/mol. The summed E-state index contributed by atoms with van der Waals surface area (Å²) in [5.74, 6) is 0.374. The highest BCUT2D eigenvalue weighted by Crippen LogP contribution is 2.26. The topological polar surface area (TPSA) is 98.5 Å². The normalized spacial score (nSPS) is 11.8. The van der Waals surface area contributed by atoms with Crippen molar-refractivity contribution in [3.8, 4) is 16.8 Å². The molecule has 2 aromatic heterocycles. The smallest absolute Gasteiger partial charge is 0.251 e. The van der Waals surface area contributed by atoms with E-state index in [4.69, 9.17) is 11.6 Å². The summed E-state index contributed by atoms with van der Waals surface area (Å²) in [6.07, 6.45) is 4.82. The maximum Gasteiger partial charge on any atom is 0.251 e. The van der Waals surface area contributed by atoms with Crippen molar-refractivity contribution in [1.29, 1.82) is 0 Å². The summed E-state index contributed by atoms with van der Waals surface area (Å²) < 4.78 is 1.59. The Labute approximate surface area is 177 Å². The number of halogens is 1. The SMILES string of the molecule is Cc1nnnn1-c1cc(C(=O)NC(C)c2cnccn2)cc(-c2ccc(Cl)cc2)c1. The van der Waals surface area contributed by atoms with E-state index in [0.29, 0.717) is 27.8 Å². The van der Waals surface area contributed by atoms with E-state index in [0.717, 1.165) is 11.1 Å². The summed E-state index contributed by atoms with van der Waals surface area (Å²) in [5, 5.41) is 15.3. The highest BCUT2D eigenvalue weighted by atomic mass is 35.5. The Morgan fingerprint density at radius 2 is 1.90 bits per heavy atom. The average Bonchev–Trinajstić information content (AvgIpc) is 3.20. The van der Waals surface area contributed by atoms with Crippen molar-refractivity contribution in [2.24, 2.45) is 0 Å². The van der Waals surface area contributed by atoms with Crippen LogP contribution in [0.25, 0.3) is 16.8 Å². The number of nitrogens with one attached hydrogen (secondary N) is 1. The number of hydrogen-bond donors (Lipinski definition) is 1. The fraction of sp³-hybridized carbons (Fsp3) is 0.143. The van der Waals surface area contributed by atoms with E-state index in [2.05, 4.69) is 30.8 Å². The highest BCUT2D eigenvalue weighted by molar-refractivity contribution is 6.30. The molecule has 30 heavy (non-hydrogen) atoms. The molecule has 0 aliphatic carbocycles. The van der Waals surface area contributed by atoms with Crippen LogP contribution in [0.4, 0.5) is 0 Å². The molecule has 0 spiro atoms. The van der Waals surface area contributed by atoms with Crippen molar-refractivity contribution >= 4 is 17.5 Å². The molecule has 8 nitrogen and oxygen atoms in total. The van der Waals surface area contributed by atoms with Gasteiger partial charge in [0.05, 0.1) is 23.6 Å². The maximum absolute atomic E-state index is 13.0. The number of tetrazole rings is 1. The van der Waals surface area contributed by atoms with Gasteiger partial charge >= 0.3 is 0 Å². The second kappa shape index (κ2) is 8.38. The van der Waals surface area contributed by atoms with Crippen molar-refractivity contribution in [3.05, 3.63) is 83.2 Å². The van der Waals surface area contributed by atoms with Crippen LogP contribution in [0, 0.1) is 6.92 Å². The third kappa shape index (κ3) is 4.18. The van der Waals surface area contributed by atoms with Crippen molar-refractivity contribution in [1.82, 2.24) is 35.5 Å². The first-order chi connectivity index (χ1) is 14.5. The van der Waals surface area contributed by atoms with Crippen molar-refractivity contribution < 1.29 is 4.79 Å². The minimum absolute atomic E-state index is 0.240. The van der Waals surface area contributed by atoms with E-state index >= 15 is 0 Å². The number of hydrogen-bond acceptors (Lipinski definition) is 6. The number of aromatic nitrogens is 6. The fourth-order valence-corrected chi connectivity index (χ4v) is 3.16. The Morgan fingerprint density at radius 1 is 1.10 bits per heavy atom. The van der Waals surface area contributed by atoms with Crippen molar-refractivity contribution in [2.75, 3.05) is 0 Å². The molecular formula is C21H18ClN7O. The molecule has 1 amide bonds. The molecule has 0 bridgehead atoms. The van der Waals surface area contributed by atoms with Crippen LogP contribution in [0.5, 0.6) is 0 Å².